The van der Waals surface area contributed by atoms with E-state index in [2.05, 4.69) is 15.6 Å². The lowest BCUT2D eigenvalue weighted by Gasteiger charge is -2.44. The summed E-state index contributed by atoms with van der Waals surface area (Å²) in [7, 11) is -3.91. The van der Waals surface area contributed by atoms with Gasteiger partial charge in [0.2, 0.25) is 0 Å². The maximum Gasteiger partial charge on any atom is 0.413 e. The van der Waals surface area contributed by atoms with Crippen LogP contribution in [-0.4, -0.2) is 53.4 Å². The number of aliphatic imine (C=N–C) groups is 1. The number of halogens is 1. The van der Waals surface area contributed by atoms with Crippen molar-refractivity contribution in [3.8, 4) is 5.75 Å². The number of ether oxygens (including phenoxy) is 2. The molecule has 0 aliphatic carbocycles. The van der Waals surface area contributed by atoms with E-state index in [-0.39, 0.29) is 24.6 Å². The standard InChI is InChI=1S/C28H35ClN4O6S/c1-8-16-13-17(29)15-30-22(16)23(34)31-18-9-10-20-19(14-18)28(7)21(11-12-38-20)40(36,37)27(5,6)24(33-28)32-25(35)39-26(2,3)4/h9-10,13-15,21H,8,11-12H2,1-7H3,(H,31,34)(H,32,33,35)/t21-,28-/m1/s1. The van der Waals surface area contributed by atoms with Crippen molar-refractivity contribution in [3.05, 3.63) is 52.3 Å². The number of hydrogen-bond acceptors (Lipinski definition) is 8. The number of aryl methyl sites for hydroxylation is 1. The highest BCUT2D eigenvalue weighted by Crippen LogP contribution is 2.49. The SMILES string of the molecule is CCc1cc(Cl)cnc1C(=O)Nc1ccc2c(c1)[C@@]1(C)N=C(NC(=O)OC(C)(C)C)C(C)(C)S(=O)(=O)[C@@H]1CCO2. The van der Waals surface area contributed by atoms with Crippen LogP contribution >= 0.6 is 11.6 Å². The molecule has 0 saturated heterocycles. The van der Waals surface area contributed by atoms with E-state index in [1.807, 2.05) is 6.92 Å². The van der Waals surface area contributed by atoms with Crippen molar-refractivity contribution in [2.75, 3.05) is 11.9 Å². The topological polar surface area (TPSA) is 136 Å². The highest BCUT2D eigenvalue weighted by molar-refractivity contribution is 7.94. The van der Waals surface area contributed by atoms with Crippen molar-refractivity contribution in [2.45, 2.75) is 82.4 Å². The lowest BCUT2D eigenvalue weighted by molar-refractivity contribution is 0.0560. The number of hydrogen-bond donors (Lipinski definition) is 2. The zero-order chi connectivity index (χ0) is 29.7. The fraction of sp³-hybridized carbons (Fsp3) is 0.500. The van der Waals surface area contributed by atoms with Gasteiger partial charge in [-0.1, -0.05) is 18.5 Å². The lowest BCUT2D eigenvalue weighted by atomic mass is 9.86. The molecular weight excluding hydrogens is 556 g/mol. The second kappa shape index (κ2) is 10.3. The molecule has 0 unspecified atom stereocenters. The number of amides is 2. The van der Waals surface area contributed by atoms with E-state index in [1.165, 1.54) is 20.0 Å². The Morgan fingerprint density at radius 2 is 1.88 bits per heavy atom. The van der Waals surface area contributed by atoms with E-state index in [9.17, 15) is 18.0 Å². The molecule has 0 saturated carbocycles. The van der Waals surface area contributed by atoms with Crippen molar-refractivity contribution in [1.29, 1.82) is 0 Å². The van der Waals surface area contributed by atoms with E-state index < -0.39 is 43.0 Å². The molecule has 10 nitrogen and oxygen atoms in total. The summed E-state index contributed by atoms with van der Waals surface area (Å²) in [6.07, 6.45) is 1.36. The van der Waals surface area contributed by atoms with Crippen molar-refractivity contribution in [3.63, 3.8) is 0 Å². The highest BCUT2D eigenvalue weighted by Gasteiger charge is 2.58. The molecule has 2 N–H and O–H groups in total. The predicted molar refractivity (Wildman–Crippen MR) is 154 cm³/mol. The predicted octanol–water partition coefficient (Wildman–Crippen LogP) is 5.05. The van der Waals surface area contributed by atoms with Crippen LogP contribution in [0.2, 0.25) is 5.02 Å². The van der Waals surface area contributed by atoms with Crippen molar-refractivity contribution >= 4 is 45.0 Å². The van der Waals surface area contributed by atoms with Crippen LogP contribution < -0.4 is 15.4 Å². The number of benzene rings is 1. The summed E-state index contributed by atoms with van der Waals surface area (Å²) in [5, 5.41) is 4.94. The third-order valence-corrected chi connectivity index (χ3v) is 10.5. The van der Waals surface area contributed by atoms with E-state index in [0.29, 0.717) is 34.0 Å². The van der Waals surface area contributed by atoms with Crippen LogP contribution in [0.5, 0.6) is 5.75 Å². The molecule has 3 heterocycles. The molecule has 0 radical (unpaired) electrons. The van der Waals surface area contributed by atoms with E-state index >= 15 is 0 Å². The number of anilines is 1. The average molecular weight is 591 g/mol. The number of sulfone groups is 1. The maximum atomic E-state index is 14.0. The fourth-order valence-electron chi connectivity index (χ4n) is 5.03. The van der Waals surface area contributed by atoms with Gasteiger partial charge >= 0.3 is 6.09 Å². The van der Waals surface area contributed by atoms with Gasteiger partial charge in [-0.3, -0.25) is 15.1 Å². The first-order chi connectivity index (χ1) is 18.5. The number of aromatic nitrogens is 1. The van der Waals surface area contributed by atoms with Crippen molar-refractivity contribution in [1.82, 2.24) is 10.3 Å². The third-order valence-electron chi connectivity index (χ3n) is 7.20. The number of amidine groups is 1. The smallest absolute Gasteiger partial charge is 0.413 e. The average Bonchev–Trinajstić information content (AvgIpc) is 2.98. The van der Waals surface area contributed by atoms with Gasteiger partial charge in [0.05, 0.1) is 16.9 Å². The molecule has 2 aliphatic heterocycles. The lowest BCUT2D eigenvalue weighted by Crippen LogP contribution is -2.61. The Hall–Kier alpha value is -3.18. The Balaban J connectivity index is 1.79. The second-order valence-electron chi connectivity index (χ2n) is 11.6. The van der Waals surface area contributed by atoms with Gasteiger partial charge in [0, 0.05) is 23.9 Å². The van der Waals surface area contributed by atoms with Crippen LogP contribution in [0.4, 0.5) is 10.5 Å². The maximum absolute atomic E-state index is 14.0. The summed E-state index contributed by atoms with van der Waals surface area (Å²) >= 11 is 6.05. The normalized spacial score (nSPS) is 22.9. The van der Waals surface area contributed by atoms with Gasteiger partial charge in [-0.2, -0.15) is 0 Å². The van der Waals surface area contributed by atoms with E-state index in [4.69, 9.17) is 26.1 Å². The minimum Gasteiger partial charge on any atom is -0.493 e. The molecule has 2 atom stereocenters. The van der Waals surface area contributed by atoms with Crippen LogP contribution in [-0.2, 0) is 26.5 Å². The number of nitrogens with zero attached hydrogens (tertiary/aromatic N) is 2. The number of carbonyl (C=O) groups excluding carboxylic acids is 2. The zero-order valence-corrected chi connectivity index (χ0v) is 25.3. The first-order valence-electron chi connectivity index (χ1n) is 13.1. The molecule has 1 aromatic heterocycles. The number of rotatable bonds is 3. The first kappa shape index (κ1) is 29.8. The summed E-state index contributed by atoms with van der Waals surface area (Å²) in [5.41, 5.74) is -0.314. The summed E-state index contributed by atoms with van der Waals surface area (Å²) in [6.45, 7) is 11.9. The quantitative estimate of drug-likeness (QED) is 0.510. The molecule has 216 valence electrons. The molecule has 2 aliphatic rings. The molecule has 0 bridgehead atoms. The Labute approximate surface area is 239 Å². The molecule has 0 fully saturated rings. The molecular formula is C28H35ClN4O6S. The van der Waals surface area contributed by atoms with Gasteiger partial charge in [0.25, 0.3) is 5.91 Å². The molecule has 0 spiro atoms. The third kappa shape index (κ3) is 5.41. The second-order valence-corrected chi connectivity index (χ2v) is 14.7. The number of pyridine rings is 1. The van der Waals surface area contributed by atoms with Crippen LogP contribution in [0.3, 0.4) is 0 Å². The molecule has 2 aromatic rings. The van der Waals surface area contributed by atoms with Crippen LogP contribution in [0.15, 0.2) is 35.5 Å². The minimum atomic E-state index is -3.91. The largest absolute Gasteiger partial charge is 0.493 e. The van der Waals surface area contributed by atoms with Gasteiger partial charge < -0.3 is 14.8 Å². The number of alkyl carbamates (subject to hydrolysis) is 1. The molecule has 12 heteroatoms. The zero-order valence-electron chi connectivity index (χ0n) is 23.7. The van der Waals surface area contributed by atoms with Crippen molar-refractivity contribution in [2.24, 2.45) is 4.99 Å². The van der Waals surface area contributed by atoms with E-state index in [0.717, 1.165) is 0 Å². The number of fused-ring (bicyclic) bond motifs is 3. The number of carbonyl (C=O) groups is 2. The molecule has 1 aromatic carbocycles. The van der Waals surface area contributed by atoms with Crippen LogP contribution in [0.25, 0.3) is 0 Å². The van der Waals surface area contributed by atoms with Gasteiger partial charge in [-0.05, 0) is 77.8 Å². The minimum absolute atomic E-state index is 0.0271. The Morgan fingerprint density at radius 1 is 1.18 bits per heavy atom. The Bertz CT molecular complexity index is 1500. The van der Waals surface area contributed by atoms with Gasteiger partial charge in [-0.25, -0.2) is 18.2 Å². The van der Waals surface area contributed by atoms with Gasteiger partial charge in [0.15, 0.2) is 9.84 Å². The monoisotopic (exact) mass is 590 g/mol. The fourth-order valence-corrected chi connectivity index (χ4v) is 7.48. The molecule has 40 heavy (non-hydrogen) atoms. The van der Waals surface area contributed by atoms with Crippen LogP contribution in [0.1, 0.15) is 76.5 Å². The van der Waals surface area contributed by atoms with Gasteiger partial charge in [-0.15, -0.1) is 0 Å². The molecule has 2 amide bonds. The summed E-state index contributed by atoms with van der Waals surface area (Å²) in [5.74, 6) is -0.0178. The summed E-state index contributed by atoms with van der Waals surface area (Å²) in [4.78, 5) is 34.9. The Morgan fingerprint density at radius 3 is 2.52 bits per heavy atom. The molecule has 4 rings (SSSR count). The van der Waals surface area contributed by atoms with Gasteiger partial charge in [0.1, 0.15) is 33.2 Å². The number of nitrogens with one attached hydrogen (secondary N) is 2. The summed E-state index contributed by atoms with van der Waals surface area (Å²) < 4.78 is 37.9. The Kier molecular flexibility index (Phi) is 7.70. The van der Waals surface area contributed by atoms with Crippen molar-refractivity contribution < 1.29 is 27.5 Å². The highest BCUT2D eigenvalue weighted by atomic mass is 35.5. The first-order valence-corrected chi connectivity index (χ1v) is 15.0. The van der Waals surface area contributed by atoms with Crippen LogP contribution in [0, 0.1) is 0 Å². The van der Waals surface area contributed by atoms with E-state index in [1.54, 1.807) is 52.0 Å². The summed E-state index contributed by atoms with van der Waals surface area (Å²) in [6, 6.07) is 6.71.